The average molecular weight is 389 g/mol. The lowest BCUT2D eigenvalue weighted by atomic mass is 9.81. The number of rotatable bonds is 6. The van der Waals surface area contributed by atoms with E-state index in [0.717, 1.165) is 12.1 Å². The highest BCUT2D eigenvalue weighted by molar-refractivity contribution is 6.32. The van der Waals surface area contributed by atoms with Crippen molar-refractivity contribution in [2.24, 2.45) is 11.8 Å². The minimum atomic E-state index is -0.829. The Morgan fingerprint density at radius 1 is 1.22 bits per heavy atom. The van der Waals surface area contributed by atoms with Crippen LogP contribution in [0.1, 0.15) is 31.4 Å². The second-order valence-corrected chi connectivity index (χ2v) is 7.05. The van der Waals surface area contributed by atoms with Gasteiger partial charge in [-0.25, -0.2) is 0 Å². The average Bonchev–Trinajstić information content (AvgIpc) is 2.68. The van der Waals surface area contributed by atoms with Crippen LogP contribution >= 0.6 is 11.6 Å². The molecule has 142 valence electrons. The van der Waals surface area contributed by atoms with E-state index in [-0.39, 0.29) is 11.8 Å². The minimum absolute atomic E-state index is 0.167. The monoisotopic (exact) mass is 388 g/mol. The van der Waals surface area contributed by atoms with Crippen molar-refractivity contribution in [3.05, 3.63) is 53.3 Å². The van der Waals surface area contributed by atoms with Crippen LogP contribution in [0.3, 0.4) is 0 Å². The maximum absolute atomic E-state index is 12.5. The molecule has 2 atom stereocenters. The fourth-order valence-corrected chi connectivity index (χ4v) is 3.46. The van der Waals surface area contributed by atoms with Gasteiger partial charge in [0.1, 0.15) is 12.4 Å². The Morgan fingerprint density at radius 3 is 2.74 bits per heavy atom. The third kappa shape index (κ3) is 5.20. The SMILES string of the molecule is O=C(O)C1CCCC(C(=O)Nc2ccc(OCc3ccccn3)c(Cl)c2)C1. The Balaban J connectivity index is 1.58. The predicted octanol–water partition coefficient (Wildman–Crippen LogP) is 4.14. The van der Waals surface area contributed by atoms with Gasteiger partial charge >= 0.3 is 5.97 Å². The third-order valence-electron chi connectivity index (χ3n) is 4.70. The standard InChI is InChI=1S/C20H21ClN2O4/c21-17-11-15(7-8-18(17)27-12-16-6-1-2-9-22-16)23-19(24)13-4-3-5-14(10-13)20(25)26/h1-2,6-9,11,13-14H,3-5,10,12H2,(H,23,24)(H,25,26). The molecule has 0 saturated heterocycles. The molecule has 1 aliphatic rings. The first-order chi connectivity index (χ1) is 13.0. The fraction of sp³-hybridized carbons (Fsp3) is 0.350. The van der Waals surface area contributed by atoms with Gasteiger partial charge in [0.2, 0.25) is 5.91 Å². The number of halogens is 1. The normalized spacial score (nSPS) is 19.3. The number of benzene rings is 1. The molecular weight excluding hydrogens is 368 g/mol. The molecule has 1 amide bonds. The van der Waals surface area contributed by atoms with Gasteiger partial charge < -0.3 is 15.2 Å². The lowest BCUT2D eigenvalue weighted by molar-refractivity contribution is -0.143. The van der Waals surface area contributed by atoms with Crippen molar-refractivity contribution < 1.29 is 19.4 Å². The summed E-state index contributed by atoms with van der Waals surface area (Å²) in [7, 11) is 0. The Morgan fingerprint density at radius 2 is 2.04 bits per heavy atom. The third-order valence-corrected chi connectivity index (χ3v) is 4.99. The number of carboxylic acid groups (broad SMARTS) is 1. The van der Waals surface area contributed by atoms with Gasteiger partial charge in [-0.3, -0.25) is 14.6 Å². The van der Waals surface area contributed by atoms with Gasteiger partial charge in [0.15, 0.2) is 0 Å². The first kappa shape index (κ1) is 19.2. The molecule has 7 heteroatoms. The van der Waals surface area contributed by atoms with Gasteiger partial charge in [0.05, 0.1) is 16.6 Å². The summed E-state index contributed by atoms with van der Waals surface area (Å²) in [5, 5.41) is 12.4. The maximum Gasteiger partial charge on any atom is 0.306 e. The zero-order valence-corrected chi connectivity index (χ0v) is 15.5. The second kappa shape index (κ2) is 8.86. The van der Waals surface area contributed by atoms with E-state index >= 15 is 0 Å². The summed E-state index contributed by atoms with van der Waals surface area (Å²) in [4.78, 5) is 27.8. The molecule has 1 aromatic heterocycles. The molecule has 1 fully saturated rings. The molecule has 27 heavy (non-hydrogen) atoms. The van der Waals surface area contributed by atoms with Crippen molar-refractivity contribution in [1.82, 2.24) is 4.98 Å². The van der Waals surface area contributed by atoms with Crippen molar-refractivity contribution in [1.29, 1.82) is 0 Å². The van der Waals surface area contributed by atoms with Gasteiger partial charge in [0, 0.05) is 17.8 Å². The molecule has 1 saturated carbocycles. The number of carbonyl (C=O) groups is 2. The topological polar surface area (TPSA) is 88.5 Å². The van der Waals surface area contributed by atoms with Crippen molar-refractivity contribution in [3.63, 3.8) is 0 Å². The fourth-order valence-electron chi connectivity index (χ4n) is 3.23. The Hall–Kier alpha value is -2.60. The summed E-state index contributed by atoms with van der Waals surface area (Å²) in [5.41, 5.74) is 1.35. The minimum Gasteiger partial charge on any atom is -0.486 e. The van der Waals surface area contributed by atoms with Crippen LogP contribution in [0.25, 0.3) is 0 Å². The highest BCUT2D eigenvalue weighted by Crippen LogP contribution is 2.32. The first-order valence-electron chi connectivity index (χ1n) is 8.89. The molecule has 0 aliphatic heterocycles. The van der Waals surface area contributed by atoms with E-state index in [0.29, 0.717) is 42.3 Å². The quantitative estimate of drug-likeness (QED) is 0.776. The van der Waals surface area contributed by atoms with Crippen molar-refractivity contribution in [3.8, 4) is 5.75 Å². The summed E-state index contributed by atoms with van der Waals surface area (Å²) in [6, 6.07) is 10.6. The molecular formula is C20H21ClN2O4. The van der Waals surface area contributed by atoms with Gasteiger partial charge in [-0.15, -0.1) is 0 Å². The number of amides is 1. The predicted molar refractivity (Wildman–Crippen MR) is 102 cm³/mol. The number of hydrogen-bond acceptors (Lipinski definition) is 4. The number of hydrogen-bond donors (Lipinski definition) is 2. The van der Waals surface area contributed by atoms with Crippen LogP contribution in [0.4, 0.5) is 5.69 Å². The second-order valence-electron chi connectivity index (χ2n) is 6.64. The zero-order valence-electron chi connectivity index (χ0n) is 14.7. The number of aliphatic carboxylic acids is 1. The van der Waals surface area contributed by atoms with Crippen LogP contribution in [0, 0.1) is 11.8 Å². The molecule has 3 rings (SSSR count). The zero-order chi connectivity index (χ0) is 19.2. The van der Waals surface area contributed by atoms with E-state index in [9.17, 15) is 9.59 Å². The number of anilines is 1. The lowest BCUT2D eigenvalue weighted by Crippen LogP contribution is -2.30. The van der Waals surface area contributed by atoms with Crippen molar-refractivity contribution in [2.75, 3.05) is 5.32 Å². The molecule has 2 N–H and O–H groups in total. The smallest absolute Gasteiger partial charge is 0.306 e. The number of ether oxygens (including phenoxy) is 1. The van der Waals surface area contributed by atoms with Crippen LogP contribution < -0.4 is 10.1 Å². The summed E-state index contributed by atoms with van der Waals surface area (Å²) < 4.78 is 5.67. The molecule has 1 heterocycles. The van der Waals surface area contributed by atoms with Crippen LogP contribution in [-0.2, 0) is 16.2 Å². The summed E-state index contributed by atoms with van der Waals surface area (Å²) in [6.45, 7) is 0.297. The first-order valence-corrected chi connectivity index (χ1v) is 9.26. The van der Waals surface area contributed by atoms with E-state index in [1.54, 1.807) is 24.4 Å². The summed E-state index contributed by atoms with van der Waals surface area (Å²) in [6.07, 6.45) is 4.15. The molecule has 2 unspecified atom stereocenters. The van der Waals surface area contributed by atoms with Gasteiger partial charge in [-0.2, -0.15) is 0 Å². The van der Waals surface area contributed by atoms with Crippen LogP contribution in [0.5, 0.6) is 5.75 Å². The van der Waals surface area contributed by atoms with Crippen molar-refractivity contribution in [2.45, 2.75) is 32.3 Å². The molecule has 1 aliphatic carbocycles. The van der Waals surface area contributed by atoms with E-state index in [2.05, 4.69) is 10.3 Å². The van der Waals surface area contributed by atoms with Crippen LogP contribution in [0.15, 0.2) is 42.6 Å². The van der Waals surface area contributed by atoms with Gasteiger partial charge in [-0.1, -0.05) is 24.1 Å². The number of nitrogens with zero attached hydrogens (tertiary/aromatic N) is 1. The van der Waals surface area contributed by atoms with E-state index < -0.39 is 11.9 Å². The highest BCUT2D eigenvalue weighted by atomic mass is 35.5. The molecule has 0 bridgehead atoms. The Kier molecular flexibility index (Phi) is 6.29. The Labute approximate surface area is 162 Å². The highest BCUT2D eigenvalue weighted by Gasteiger charge is 2.31. The summed E-state index contributed by atoms with van der Waals surface area (Å²) >= 11 is 6.26. The van der Waals surface area contributed by atoms with Crippen LogP contribution in [-0.4, -0.2) is 22.0 Å². The number of aromatic nitrogens is 1. The van der Waals surface area contributed by atoms with E-state index in [1.807, 2.05) is 18.2 Å². The molecule has 0 spiro atoms. The Bertz CT molecular complexity index is 813. The molecule has 1 aromatic carbocycles. The molecule has 0 radical (unpaired) electrons. The molecule has 2 aromatic rings. The van der Waals surface area contributed by atoms with Crippen LogP contribution in [0.2, 0.25) is 5.02 Å². The van der Waals surface area contributed by atoms with E-state index in [1.165, 1.54) is 0 Å². The number of pyridine rings is 1. The van der Waals surface area contributed by atoms with Gasteiger partial charge in [-0.05, 0) is 49.6 Å². The van der Waals surface area contributed by atoms with E-state index in [4.69, 9.17) is 21.4 Å². The summed E-state index contributed by atoms with van der Waals surface area (Å²) in [5.74, 6) is -1.23. The molecule has 6 nitrogen and oxygen atoms in total. The largest absolute Gasteiger partial charge is 0.486 e. The number of carbonyl (C=O) groups excluding carboxylic acids is 1. The maximum atomic E-state index is 12.5. The number of nitrogens with one attached hydrogen (secondary N) is 1. The van der Waals surface area contributed by atoms with Crippen molar-refractivity contribution >= 4 is 29.2 Å². The van der Waals surface area contributed by atoms with Gasteiger partial charge in [0.25, 0.3) is 0 Å². The lowest BCUT2D eigenvalue weighted by Gasteiger charge is -2.25. The number of carboxylic acids is 1.